The van der Waals surface area contributed by atoms with Crippen molar-refractivity contribution in [3.8, 4) is 0 Å². The summed E-state index contributed by atoms with van der Waals surface area (Å²) in [7, 11) is 0. The Hall–Kier alpha value is -1.55. The summed E-state index contributed by atoms with van der Waals surface area (Å²) in [4.78, 5) is 8.37. The van der Waals surface area contributed by atoms with Gasteiger partial charge in [0.15, 0.2) is 0 Å². The van der Waals surface area contributed by atoms with Crippen LogP contribution in [0.2, 0.25) is 5.28 Å². The highest BCUT2D eigenvalue weighted by molar-refractivity contribution is 6.28. The molecule has 0 atom stereocenters. The molecule has 1 fully saturated rings. The van der Waals surface area contributed by atoms with Crippen LogP contribution in [-0.4, -0.2) is 16.0 Å². The molecule has 1 saturated carbocycles. The van der Waals surface area contributed by atoms with Crippen LogP contribution in [0, 0.1) is 0 Å². The first kappa shape index (κ1) is 9.66. The molecule has 1 aliphatic carbocycles. The van der Waals surface area contributed by atoms with Crippen LogP contribution in [-0.2, 0) is 0 Å². The fourth-order valence-corrected chi connectivity index (χ4v) is 1.82. The molecule has 1 aromatic heterocycles. The second-order valence-electron chi connectivity index (χ2n) is 4.04. The van der Waals surface area contributed by atoms with Gasteiger partial charge in [0, 0.05) is 17.1 Å². The Balaban J connectivity index is 2.16. The lowest BCUT2D eigenvalue weighted by molar-refractivity contribution is 1.10. The second-order valence-corrected chi connectivity index (χ2v) is 4.37. The molecule has 0 unspecified atom stereocenters. The molecule has 3 rings (SSSR count). The third kappa shape index (κ3) is 1.76. The van der Waals surface area contributed by atoms with E-state index in [0.717, 1.165) is 16.7 Å². The summed E-state index contributed by atoms with van der Waals surface area (Å²) in [6, 6.07) is 6.11. The Kier molecular flexibility index (Phi) is 2.11. The van der Waals surface area contributed by atoms with Gasteiger partial charge in [0.1, 0.15) is 5.82 Å². The van der Waals surface area contributed by atoms with Gasteiger partial charge in [-0.2, -0.15) is 0 Å². The average Bonchev–Trinajstić information content (AvgIpc) is 3.00. The van der Waals surface area contributed by atoms with E-state index in [4.69, 9.17) is 17.3 Å². The number of anilines is 2. The van der Waals surface area contributed by atoms with Gasteiger partial charge in [-0.3, -0.25) is 0 Å². The normalized spacial score (nSPS) is 15.3. The van der Waals surface area contributed by atoms with E-state index in [2.05, 4.69) is 15.3 Å². The van der Waals surface area contributed by atoms with E-state index in [1.807, 2.05) is 12.1 Å². The van der Waals surface area contributed by atoms with Crippen LogP contribution in [0.3, 0.4) is 0 Å². The zero-order valence-electron chi connectivity index (χ0n) is 8.57. The Labute approximate surface area is 97.8 Å². The number of fused-ring (bicyclic) bond motifs is 1. The smallest absolute Gasteiger partial charge is 0.224 e. The predicted molar refractivity (Wildman–Crippen MR) is 65.6 cm³/mol. The molecule has 0 amide bonds. The van der Waals surface area contributed by atoms with Crippen molar-refractivity contribution in [2.24, 2.45) is 0 Å². The van der Waals surface area contributed by atoms with E-state index < -0.39 is 0 Å². The molecule has 3 N–H and O–H groups in total. The lowest BCUT2D eigenvalue weighted by Gasteiger charge is -2.08. The van der Waals surface area contributed by atoms with Crippen molar-refractivity contribution in [1.29, 1.82) is 0 Å². The fraction of sp³-hybridized carbons (Fsp3) is 0.273. The van der Waals surface area contributed by atoms with Gasteiger partial charge in [0.25, 0.3) is 0 Å². The van der Waals surface area contributed by atoms with Gasteiger partial charge in [-0.1, -0.05) is 0 Å². The van der Waals surface area contributed by atoms with Crippen LogP contribution in [0.15, 0.2) is 18.2 Å². The first-order chi connectivity index (χ1) is 7.72. The Morgan fingerprint density at radius 2 is 2.12 bits per heavy atom. The van der Waals surface area contributed by atoms with Crippen LogP contribution in [0.25, 0.3) is 10.9 Å². The molecule has 0 aliphatic heterocycles. The summed E-state index contributed by atoms with van der Waals surface area (Å²) in [6.45, 7) is 0. The van der Waals surface area contributed by atoms with Crippen LogP contribution >= 0.6 is 11.6 Å². The minimum absolute atomic E-state index is 0.251. The summed E-state index contributed by atoms with van der Waals surface area (Å²) in [5.41, 5.74) is 7.17. The zero-order chi connectivity index (χ0) is 11.1. The quantitative estimate of drug-likeness (QED) is 0.619. The molecule has 5 heteroatoms. The van der Waals surface area contributed by atoms with Gasteiger partial charge < -0.3 is 11.1 Å². The van der Waals surface area contributed by atoms with E-state index in [1.54, 1.807) is 6.07 Å². The van der Waals surface area contributed by atoms with Crippen molar-refractivity contribution < 1.29 is 0 Å². The second kappa shape index (κ2) is 3.49. The number of benzene rings is 1. The largest absolute Gasteiger partial charge is 0.399 e. The number of nitrogens with one attached hydrogen (secondary N) is 1. The molecular weight excluding hydrogens is 224 g/mol. The minimum Gasteiger partial charge on any atom is -0.399 e. The maximum Gasteiger partial charge on any atom is 0.224 e. The van der Waals surface area contributed by atoms with Gasteiger partial charge in [-0.25, -0.2) is 9.97 Å². The molecule has 1 aromatic carbocycles. The number of nitrogens with two attached hydrogens (primary N) is 1. The van der Waals surface area contributed by atoms with Crippen molar-refractivity contribution in [2.45, 2.75) is 18.9 Å². The molecule has 1 aliphatic rings. The first-order valence-electron chi connectivity index (χ1n) is 5.22. The fourth-order valence-electron chi connectivity index (χ4n) is 1.65. The van der Waals surface area contributed by atoms with Gasteiger partial charge in [-0.05, 0) is 42.6 Å². The summed E-state index contributed by atoms with van der Waals surface area (Å²) in [5.74, 6) is 0.803. The molecule has 4 nitrogen and oxygen atoms in total. The molecule has 0 bridgehead atoms. The Morgan fingerprint density at radius 1 is 1.31 bits per heavy atom. The van der Waals surface area contributed by atoms with Gasteiger partial charge >= 0.3 is 0 Å². The molecule has 0 saturated heterocycles. The topological polar surface area (TPSA) is 63.8 Å². The number of nitrogens with zero attached hydrogens (tertiary/aromatic N) is 2. The zero-order valence-corrected chi connectivity index (χ0v) is 9.33. The summed E-state index contributed by atoms with van der Waals surface area (Å²) >= 11 is 5.88. The van der Waals surface area contributed by atoms with Gasteiger partial charge in [0.2, 0.25) is 5.28 Å². The van der Waals surface area contributed by atoms with Crippen molar-refractivity contribution in [2.75, 3.05) is 11.1 Å². The maximum absolute atomic E-state index is 5.88. The lowest BCUT2D eigenvalue weighted by atomic mass is 10.2. The SMILES string of the molecule is Nc1ccc2c(NC3CC3)nc(Cl)nc2c1. The first-order valence-corrected chi connectivity index (χ1v) is 5.59. The highest BCUT2D eigenvalue weighted by atomic mass is 35.5. The monoisotopic (exact) mass is 234 g/mol. The summed E-state index contributed by atoms with van der Waals surface area (Å²) < 4.78 is 0. The summed E-state index contributed by atoms with van der Waals surface area (Å²) in [6.07, 6.45) is 2.39. The average molecular weight is 235 g/mol. The lowest BCUT2D eigenvalue weighted by Crippen LogP contribution is -2.04. The van der Waals surface area contributed by atoms with Crippen LogP contribution in [0.5, 0.6) is 0 Å². The van der Waals surface area contributed by atoms with Crippen molar-refractivity contribution in [3.63, 3.8) is 0 Å². The number of hydrogen-bond donors (Lipinski definition) is 2. The van der Waals surface area contributed by atoms with E-state index in [-0.39, 0.29) is 5.28 Å². The van der Waals surface area contributed by atoms with Crippen molar-refractivity contribution >= 4 is 34.0 Å². The number of aromatic nitrogens is 2. The summed E-state index contributed by atoms with van der Waals surface area (Å²) in [5, 5.41) is 4.56. The molecule has 16 heavy (non-hydrogen) atoms. The highest BCUT2D eigenvalue weighted by Crippen LogP contribution is 2.29. The Morgan fingerprint density at radius 3 is 2.88 bits per heavy atom. The molecule has 0 spiro atoms. The maximum atomic E-state index is 5.88. The highest BCUT2D eigenvalue weighted by Gasteiger charge is 2.22. The van der Waals surface area contributed by atoms with E-state index in [1.165, 1.54) is 12.8 Å². The molecule has 82 valence electrons. The van der Waals surface area contributed by atoms with Crippen LogP contribution < -0.4 is 11.1 Å². The molecule has 2 aromatic rings. The number of hydrogen-bond acceptors (Lipinski definition) is 4. The van der Waals surface area contributed by atoms with E-state index in [9.17, 15) is 0 Å². The van der Waals surface area contributed by atoms with Crippen molar-refractivity contribution in [1.82, 2.24) is 9.97 Å². The standard InChI is InChI=1S/C11H11ClN4/c12-11-15-9-5-6(13)1-4-8(9)10(16-11)14-7-2-3-7/h1,4-5,7H,2-3,13H2,(H,14,15,16). The molecule has 1 heterocycles. The Bertz CT molecular complexity index is 546. The van der Waals surface area contributed by atoms with Crippen LogP contribution in [0.1, 0.15) is 12.8 Å². The van der Waals surface area contributed by atoms with Gasteiger partial charge in [0.05, 0.1) is 5.52 Å². The van der Waals surface area contributed by atoms with Gasteiger partial charge in [-0.15, -0.1) is 0 Å². The van der Waals surface area contributed by atoms with Crippen LogP contribution in [0.4, 0.5) is 11.5 Å². The number of rotatable bonds is 2. The van der Waals surface area contributed by atoms with Crippen molar-refractivity contribution in [3.05, 3.63) is 23.5 Å². The predicted octanol–water partition coefficient (Wildman–Crippen LogP) is 2.44. The number of nitrogen functional groups attached to an aromatic ring is 1. The molecule has 0 radical (unpaired) electrons. The number of halogens is 1. The van der Waals surface area contributed by atoms with E-state index in [0.29, 0.717) is 11.7 Å². The molecular formula is C11H11ClN4. The van der Waals surface area contributed by atoms with E-state index >= 15 is 0 Å². The third-order valence-corrected chi connectivity index (χ3v) is 2.78. The minimum atomic E-state index is 0.251. The third-order valence-electron chi connectivity index (χ3n) is 2.61.